The molecule has 0 atom stereocenters. The molecule has 1 aliphatic carbocycles. The summed E-state index contributed by atoms with van der Waals surface area (Å²) in [6, 6.07) is 8.16. The molecule has 1 saturated carbocycles. The molecule has 3 rings (SSSR count). The first-order valence-corrected chi connectivity index (χ1v) is 11.1. The molecular formula is C23H35N5O2. The Morgan fingerprint density at radius 1 is 1.27 bits per heavy atom. The molecule has 0 unspecified atom stereocenters. The summed E-state index contributed by atoms with van der Waals surface area (Å²) in [6.45, 7) is 7.37. The highest BCUT2D eigenvalue weighted by Crippen LogP contribution is 2.43. The van der Waals surface area contributed by atoms with Crippen LogP contribution in [0.1, 0.15) is 57.3 Å². The summed E-state index contributed by atoms with van der Waals surface area (Å²) in [4.78, 5) is 9.28. The fraction of sp³-hybridized carbons (Fsp3) is 0.609. The van der Waals surface area contributed by atoms with Gasteiger partial charge < -0.3 is 19.9 Å². The number of nitrogens with one attached hydrogen (secondary N) is 2. The van der Waals surface area contributed by atoms with Gasteiger partial charge in [0, 0.05) is 38.8 Å². The highest BCUT2D eigenvalue weighted by molar-refractivity contribution is 5.79. The van der Waals surface area contributed by atoms with Crippen LogP contribution < -0.4 is 10.6 Å². The van der Waals surface area contributed by atoms with Crippen molar-refractivity contribution in [3.05, 3.63) is 35.7 Å². The van der Waals surface area contributed by atoms with Crippen molar-refractivity contribution in [2.45, 2.75) is 58.9 Å². The largest absolute Gasteiger partial charge is 0.385 e. The van der Waals surface area contributed by atoms with E-state index in [2.05, 4.69) is 46.8 Å². The summed E-state index contributed by atoms with van der Waals surface area (Å²) in [5, 5.41) is 11.0. The van der Waals surface area contributed by atoms with E-state index in [9.17, 15) is 0 Å². The average Bonchev–Trinajstić information content (AvgIpc) is 3.20. The zero-order chi connectivity index (χ0) is 21.2. The third-order valence-electron chi connectivity index (χ3n) is 5.76. The van der Waals surface area contributed by atoms with Crippen molar-refractivity contribution in [1.29, 1.82) is 0 Å². The molecule has 1 aromatic heterocycles. The van der Waals surface area contributed by atoms with Gasteiger partial charge in [0.2, 0.25) is 0 Å². The van der Waals surface area contributed by atoms with Crippen LogP contribution in [0.3, 0.4) is 0 Å². The van der Waals surface area contributed by atoms with E-state index >= 15 is 0 Å². The molecule has 0 spiro atoms. The highest BCUT2D eigenvalue weighted by Gasteiger charge is 2.36. The normalized spacial score (nSPS) is 15.6. The van der Waals surface area contributed by atoms with E-state index in [0.717, 1.165) is 61.9 Å². The van der Waals surface area contributed by atoms with Crippen molar-refractivity contribution in [3.8, 4) is 11.5 Å². The van der Waals surface area contributed by atoms with E-state index < -0.39 is 0 Å². The first-order chi connectivity index (χ1) is 14.7. The van der Waals surface area contributed by atoms with E-state index in [0.29, 0.717) is 17.9 Å². The van der Waals surface area contributed by atoms with Gasteiger partial charge in [0.05, 0.1) is 6.54 Å². The number of rotatable bonds is 11. The maximum Gasteiger partial charge on any atom is 0.257 e. The Morgan fingerprint density at radius 3 is 2.83 bits per heavy atom. The van der Waals surface area contributed by atoms with Crippen molar-refractivity contribution in [1.82, 2.24) is 20.8 Å². The van der Waals surface area contributed by atoms with Crippen LogP contribution in [-0.2, 0) is 17.7 Å². The van der Waals surface area contributed by atoms with Gasteiger partial charge in [0.25, 0.3) is 5.89 Å². The van der Waals surface area contributed by atoms with Gasteiger partial charge in [-0.3, -0.25) is 0 Å². The predicted molar refractivity (Wildman–Crippen MR) is 119 cm³/mol. The number of hydrogen-bond acceptors (Lipinski definition) is 5. The van der Waals surface area contributed by atoms with Crippen LogP contribution in [0.5, 0.6) is 0 Å². The number of nitrogens with zero attached hydrogens (tertiary/aromatic N) is 3. The van der Waals surface area contributed by atoms with E-state index in [1.54, 1.807) is 7.11 Å². The van der Waals surface area contributed by atoms with Crippen LogP contribution in [-0.4, -0.2) is 42.9 Å². The average molecular weight is 414 g/mol. The Bertz CT molecular complexity index is 813. The number of aliphatic imine (C=N–C) groups is 1. The minimum Gasteiger partial charge on any atom is -0.385 e. The lowest BCUT2D eigenvalue weighted by Gasteiger charge is -2.42. The summed E-state index contributed by atoms with van der Waals surface area (Å²) >= 11 is 0. The number of guanidine groups is 1. The molecule has 0 saturated heterocycles. The smallest absolute Gasteiger partial charge is 0.257 e. The zero-order valence-corrected chi connectivity index (χ0v) is 18.5. The van der Waals surface area contributed by atoms with Gasteiger partial charge in [0.15, 0.2) is 11.8 Å². The standard InChI is InChI=1S/C23H35N5O2/c1-4-8-20-27-21(30-28-20)19-10-6-9-18(15-19)16-25-22(24-5-2)26-17-23(11-7-12-23)13-14-29-3/h6,9-10,15H,4-5,7-8,11-14,16-17H2,1-3H3,(H2,24,25,26). The molecular weight excluding hydrogens is 378 g/mol. The summed E-state index contributed by atoms with van der Waals surface area (Å²) in [5.74, 6) is 2.18. The van der Waals surface area contributed by atoms with Crippen molar-refractivity contribution in [3.63, 3.8) is 0 Å². The number of hydrogen-bond donors (Lipinski definition) is 2. The van der Waals surface area contributed by atoms with Gasteiger partial charge in [-0.25, -0.2) is 4.99 Å². The van der Waals surface area contributed by atoms with Crippen LogP contribution in [0.4, 0.5) is 0 Å². The SMILES string of the molecule is CCCc1noc(-c2cccc(CN=C(NCC)NCC3(CCOC)CCC3)c2)n1. The number of ether oxygens (including phenoxy) is 1. The molecule has 7 nitrogen and oxygen atoms in total. The molecule has 0 bridgehead atoms. The van der Waals surface area contributed by atoms with Crippen molar-refractivity contribution < 1.29 is 9.26 Å². The molecule has 1 fully saturated rings. The molecule has 0 amide bonds. The van der Waals surface area contributed by atoms with Gasteiger partial charge in [0.1, 0.15) is 0 Å². The lowest BCUT2D eigenvalue weighted by molar-refractivity contribution is 0.0732. The van der Waals surface area contributed by atoms with E-state index in [-0.39, 0.29) is 0 Å². The zero-order valence-electron chi connectivity index (χ0n) is 18.5. The Kier molecular flexibility index (Phi) is 8.25. The molecule has 1 aliphatic rings. The molecule has 164 valence electrons. The van der Waals surface area contributed by atoms with Crippen LogP contribution in [0.2, 0.25) is 0 Å². The predicted octanol–water partition coefficient (Wildman–Crippen LogP) is 3.95. The minimum atomic E-state index is 0.347. The Hall–Kier alpha value is -2.41. The van der Waals surface area contributed by atoms with Crippen LogP contribution in [0, 0.1) is 5.41 Å². The third-order valence-corrected chi connectivity index (χ3v) is 5.76. The molecule has 7 heteroatoms. The van der Waals surface area contributed by atoms with E-state index in [1.165, 1.54) is 19.3 Å². The Morgan fingerprint density at radius 2 is 2.13 bits per heavy atom. The third kappa shape index (κ3) is 6.05. The maximum atomic E-state index is 5.42. The molecule has 2 N–H and O–H groups in total. The van der Waals surface area contributed by atoms with Crippen molar-refractivity contribution in [2.75, 3.05) is 26.8 Å². The summed E-state index contributed by atoms with van der Waals surface area (Å²) in [5.41, 5.74) is 2.39. The van der Waals surface area contributed by atoms with Gasteiger partial charge >= 0.3 is 0 Å². The Labute approximate surface area is 179 Å². The summed E-state index contributed by atoms with van der Waals surface area (Å²) < 4.78 is 10.7. The van der Waals surface area contributed by atoms with Gasteiger partial charge in [-0.15, -0.1) is 0 Å². The molecule has 1 heterocycles. The van der Waals surface area contributed by atoms with Gasteiger partial charge in [-0.05, 0) is 55.7 Å². The number of methoxy groups -OCH3 is 1. The molecule has 2 aromatic rings. The summed E-state index contributed by atoms with van der Waals surface area (Å²) in [6.07, 6.45) is 6.76. The van der Waals surface area contributed by atoms with Crippen LogP contribution in [0.25, 0.3) is 11.5 Å². The fourth-order valence-electron chi connectivity index (χ4n) is 3.79. The lowest BCUT2D eigenvalue weighted by Crippen LogP contribution is -2.46. The lowest BCUT2D eigenvalue weighted by atomic mass is 9.67. The quantitative estimate of drug-likeness (QED) is 0.429. The minimum absolute atomic E-state index is 0.347. The highest BCUT2D eigenvalue weighted by atomic mass is 16.5. The first kappa shape index (κ1) is 22.3. The molecule has 0 radical (unpaired) electrons. The van der Waals surface area contributed by atoms with Crippen molar-refractivity contribution >= 4 is 5.96 Å². The van der Waals surface area contributed by atoms with Crippen LogP contribution >= 0.6 is 0 Å². The van der Waals surface area contributed by atoms with E-state index in [4.69, 9.17) is 14.3 Å². The maximum absolute atomic E-state index is 5.42. The number of benzene rings is 1. The number of aryl methyl sites for hydroxylation is 1. The first-order valence-electron chi connectivity index (χ1n) is 11.1. The summed E-state index contributed by atoms with van der Waals surface area (Å²) in [7, 11) is 1.78. The number of aromatic nitrogens is 2. The van der Waals surface area contributed by atoms with Crippen molar-refractivity contribution in [2.24, 2.45) is 10.4 Å². The second-order valence-corrected chi connectivity index (χ2v) is 8.11. The van der Waals surface area contributed by atoms with E-state index in [1.807, 2.05) is 12.1 Å². The second-order valence-electron chi connectivity index (χ2n) is 8.11. The van der Waals surface area contributed by atoms with Gasteiger partial charge in [-0.2, -0.15) is 4.98 Å². The Balaban J connectivity index is 1.62. The molecule has 30 heavy (non-hydrogen) atoms. The van der Waals surface area contributed by atoms with Gasteiger partial charge in [-0.1, -0.05) is 30.6 Å². The van der Waals surface area contributed by atoms with Crippen LogP contribution in [0.15, 0.2) is 33.8 Å². The molecule has 0 aliphatic heterocycles. The topological polar surface area (TPSA) is 84.6 Å². The monoisotopic (exact) mass is 413 g/mol. The molecule has 1 aromatic carbocycles. The fourth-order valence-corrected chi connectivity index (χ4v) is 3.79. The second kappa shape index (κ2) is 11.1.